The molecule has 0 saturated heterocycles. The molecule has 0 aromatic carbocycles. The van der Waals surface area contributed by atoms with E-state index < -0.39 is 29.9 Å². The molecule has 0 radical (unpaired) electrons. The van der Waals surface area contributed by atoms with Crippen LogP contribution in [0.15, 0.2) is 36.2 Å². The SMILES string of the molecule is C/C=C1\NC(=O)c2nccc(n2)CNC(=O)C[C@@H](/C=C/CCS)OC(=O)[C@H](C(C)C)NC1=O. The topological polar surface area (TPSA) is 139 Å². The Hall–Kier alpha value is -3.21. The first-order valence-corrected chi connectivity index (χ1v) is 11.2. The van der Waals surface area contributed by atoms with Crippen molar-refractivity contribution in [3.63, 3.8) is 0 Å². The Bertz CT molecular complexity index is 947. The summed E-state index contributed by atoms with van der Waals surface area (Å²) in [6.45, 7) is 5.12. The quantitative estimate of drug-likeness (QED) is 0.221. The van der Waals surface area contributed by atoms with Crippen LogP contribution in [0.1, 0.15) is 49.9 Å². The zero-order chi connectivity index (χ0) is 24.4. The van der Waals surface area contributed by atoms with Gasteiger partial charge in [0, 0.05) is 6.20 Å². The molecule has 0 spiro atoms. The number of cyclic esters (lactones) is 1. The number of fused-ring (bicyclic) bond motifs is 2. The number of allylic oxidation sites excluding steroid dienone is 2. The molecule has 1 aliphatic rings. The van der Waals surface area contributed by atoms with Gasteiger partial charge in [0.25, 0.3) is 11.8 Å². The summed E-state index contributed by atoms with van der Waals surface area (Å²) in [6.07, 6.45) is 5.90. The van der Waals surface area contributed by atoms with Gasteiger partial charge in [-0.25, -0.2) is 14.8 Å². The fraction of sp³-hybridized carbons (Fsp3) is 0.455. The smallest absolute Gasteiger partial charge is 0.329 e. The number of nitrogens with one attached hydrogen (secondary N) is 3. The molecule has 1 aliphatic heterocycles. The Morgan fingerprint density at radius 3 is 2.67 bits per heavy atom. The van der Waals surface area contributed by atoms with Crippen molar-refractivity contribution in [1.82, 2.24) is 25.9 Å². The molecule has 2 rings (SSSR count). The maximum atomic E-state index is 12.9. The number of hydrogen-bond donors (Lipinski definition) is 4. The number of carbonyl (C=O) groups excluding carboxylic acids is 4. The maximum Gasteiger partial charge on any atom is 0.329 e. The predicted octanol–water partition coefficient (Wildman–Crippen LogP) is 1.06. The predicted molar refractivity (Wildman–Crippen MR) is 124 cm³/mol. The van der Waals surface area contributed by atoms with Gasteiger partial charge in [-0.15, -0.1) is 0 Å². The van der Waals surface area contributed by atoms with Crippen LogP contribution < -0.4 is 16.0 Å². The molecular weight excluding hydrogens is 446 g/mol. The Kier molecular flexibility index (Phi) is 10.0. The molecular formula is C22H29N5O5S. The monoisotopic (exact) mass is 475 g/mol. The Labute approximate surface area is 198 Å². The number of ether oxygens (including phenoxy) is 1. The first-order chi connectivity index (χ1) is 15.7. The van der Waals surface area contributed by atoms with Gasteiger partial charge < -0.3 is 20.7 Å². The van der Waals surface area contributed by atoms with Crippen LogP contribution >= 0.6 is 12.6 Å². The Morgan fingerprint density at radius 1 is 1.24 bits per heavy atom. The third-order valence-corrected chi connectivity index (χ3v) is 4.93. The summed E-state index contributed by atoms with van der Waals surface area (Å²) in [4.78, 5) is 58.8. The average Bonchev–Trinajstić information content (AvgIpc) is 2.78. The van der Waals surface area contributed by atoms with E-state index in [1.165, 1.54) is 12.3 Å². The van der Waals surface area contributed by atoms with Gasteiger partial charge >= 0.3 is 5.97 Å². The second-order valence-corrected chi connectivity index (χ2v) is 8.07. The lowest BCUT2D eigenvalue weighted by atomic mass is 10.0. The van der Waals surface area contributed by atoms with Crippen LogP contribution in [0.5, 0.6) is 0 Å². The van der Waals surface area contributed by atoms with Gasteiger partial charge in [0.05, 0.1) is 18.7 Å². The molecule has 178 valence electrons. The van der Waals surface area contributed by atoms with E-state index in [0.717, 1.165) is 0 Å². The molecule has 10 nitrogen and oxygen atoms in total. The minimum Gasteiger partial charge on any atom is -0.456 e. The first kappa shape index (κ1) is 26.0. The molecule has 0 fully saturated rings. The number of amides is 3. The van der Waals surface area contributed by atoms with E-state index in [0.29, 0.717) is 17.9 Å². The van der Waals surface area contributed by atoms with Gasteiger partial charge in [0.1, 0.15) is 17.8 Å². The number of thiol groups is 1. The second kappa shape index (κ2) is 12.7. The van der Waals surface area contributed by atoms with Crippen molar-refractivity contribution in [1.29, 1.82) is 0 Å². The molecule has 1 aromatic rings. The minimum atomic E-state index is -0.999. The van der Waals surface area contributed by atoms with Gasteiger partial charge in [-0.05, 0) is 37.2 Å². The van der Waals surface area contributed by atoms with Crippen LogP contribution in [0.3, 0.4) is 0 Å². The normalized spacial score (nSPS) is 22.2. The van der Waals surface area contributed by atoms with Gasteiger partial charge in [-0.2, -0.15) is 12.6 Å². The third kappa shape index (κ3) is 8.01. The minimum absolute atomic E-state index is 0.0498. The van der Waals surface area contributed by atoms with E-state index in [2.05, 4.69) is 38.5 Å². The highest BCUT2D eigenvalue weighted by molar-refractivity contribution is 7.80. The van der Waals surface area contributed by atoms with Crippen LogP contribution in [0, 0.1) is 5.92 Å². The Morgan fingerprint density at radius 2 is 2.00 bits per heavy atom. The lowest BCUT2D eigenvalue weighted by Gasteiger charge is -2.24. The van der Waals surface area contributed by atoms with E-state index >= 15 is 0 Å². The van der Waals surface area contributed by atoms with Crippen molar-refractivity contribution in [2.45, 2.75) is 52.3 Å². The largest absolute Gasteiger partial charge is 0.456 e. The number of hydrogen-bond acceptors (Lipinski definition) is 8. The summed E-state index contributed by atoms with van der Waals surface area (Å²) < 4.78 is 5.57. The molecule has 0 unspecified atom stereocenters. The van der Waals surface area contributed by atoms with E-state index in [9.17, 15) is 19.2 Å². The van der Waals surface area contributed by atoms with Gasteiger partial charge in [-0.1, -0.05) is 26.0 Å². The van der Waals surface area contributed by atoms with Crippen LogP contribution in [-0.4, -0.2) is 51.6 Å². The van der Waals surface area contributed by atoms with E-state index in [1.54, 1.807) is 39.0 Å². The molecule has 33 heavy (non-hydrogen) atoms. The molecule has 2 atom stereocenters. The first-order valence-electron chi connectivity index (χ1n) is 10.6. The summed E-state index contributed by atoms with van der Waals surface area (Å²) in [5, 5.41) is 7.76. The number of carbonyl (C=O) groups is 4. The summed E-state index contributed by atoms with van der Waals surface area (Å²) in [6, 6.07) is 0.557. The summed E-state index contributed by atoms with van der Waals surface area (Å²) in [5.41, 5.74) is 0.346. The fourth-order valence-electron chi connectivity index (χ4n) is 2.90. The van der Waals surface area contributed by atoms with Crippen LogP contribution in [0.2, 0.25) is 0 Å². The van der Waals surface area contributed by atoms with Gasteiger partial charge in [0.2, 0.25) is 11.7 Å². The molecule has 0 aliphatic carbocycles. The van der Waals surface area contributed by atoms with Crippen molar-refractivity contribution >= 4 is 36.3 Å². The maximum absolute atomic E-state index is 12.9. The summed E-state index contributed by atoms with van der Waals surface area (Å²) >= 11 is 4.15. The van der Waals surface area contributed by atoms with E-state index in [4.69, 9.17) is 4.74 Å². The van der Waals surface area contributed by atoms with E-state index in [-0.39, 0.29) is 36.3 Å². The molecule has 1 aromatic heterocycles. The molecule has 3 amide bonds. The lowest BCUT2D eigenvalue weighted by molar-refractivity contribution is -0.153. The third-order valence-electron chi connectivity index (χ3n) is 4.67. The molecule has 11 heteroatoms. The van der Waals surface area contributed by atoms with Crippen LogP contribution in [0.4, 0.5) is 0 Å². The zero-order valence-corrected chi connectivity index (χ0v) is 19.7. The van der Waals surface area contributed by atoms with Gasteiger partial charge in [-0.3, -0.25) is 14.4 Å². The number of nitrogens with zero attached hydrogens (tertiary/aromatic N) is 2. The molecule has 0 saturated carbocycles. The van der Waals surface area contributed by atoms with Crippen molar-refractivity contribution in [3.05, 3.63) is 47.7 Å². The van der Waals surface area contributed by atoms with Gasteiger partial charge in [0.15, 0.2) is 0 Å². The van der Waals surface area contributed by atoms with Crippen molar-refractivity contribution in [3.8, 4) is 0 Å². The fourth-order valence-corrected chi connectivity index (χ4v) is 3.05. The lowest BCUT2D eigenvalue weighted by Crippen LogP contribution is -2.48. The zero-order valence-electron chi connectivity index (χ0n) is 18.8. The molecule has 3 N–H and O–H groups in total. The summed E-state index contributed by atoms with van der Waals surface area (Å²) in [7, 11) is 0. The van der Waals surface area contributed by atoms with Crippen molar-refractivity contribution in [2.75, 3.05) is 5.75 Å². The van der Waals surface area contributed by atoms with E-state index in [1.807, 2.05) is 0 Å². The number of aromatic nitrogens is 2. The second-order valence-electron chi connectivity index (χ2n) is 7.62. The highest BCUT2D eigenvalue weighted by atomic mass is 32.1. The van der Waals surface area contributed by atoms with Crippen LogP contribution in [0.25, 0.3) is 0 Å². The van der Waals surface area contributed by atoms with Crippen LogP contribution in [-0.2, 0) is 25.7 Å². The van der Waals surface area contributed by atoms with Crippen molar-refractivity contribution < 1.29 is 23.9 Å². The number of rotatable bonds is 4. The van der Waals surface area contributed by atoms with Crippen molar-refractivity contribution in [2.24, 2.45) is 5.92 Å². The standard InChI is InChI=1S/C22H29N5O5S/c1-4-16-20(29)27-18(13(2)3)22(31)32-15(7-5-6-10-33)11-17(28)24-12-14-8-9-23-19(25-14)21(30)26-16/h4-5,7-9,13,15,18,33H,6,10-12H2,1-3H3,(H,24,28)(H,26,30)(H,27,29)/b7-5+,16-4-/t15-,18+/m1/s1. The molecule has 2 bridgehead atoms. The Balaban J connectivity index is 2.39. The highest BCUT2D eigenvalue weighted by Gasteiger charge is 2.30. The highest BCUT2D eigenvalue weighted by Crippen LogP contribution is 2.11. The number of esters is 1. The average molecular weight is 476 g/mol. The molecule has 2 heterocycles. The summed E-state index contributed by atoms with van der Waals surface area (Å²) in [5.74, 6) is -2.29.